The Hall–Kier alpha value is -2.15. The Bertz CT molecular complexity index is 461. The van der Waals surface area contributed by atoms with E-state index < -0.39 is 11.9 Å². The molecule has 0 bridgehead atoms. The maximum atomic E-state index is 11.9. The van der Waals surface area contributed by atoms with Crippen molar-refractivity contribution in [2.24, 2.45) is 5.84 Å². The smallest absolute Gasteiger partial charge is 0.270 e. The maximum Gasteiger partial charge on any atom is 0.270 e. The first-order valence-corrected chi connectivity index (χ1v) is 5.99. The van der Waals surface area contributed by atoms with Gasteiger partial charge < -0.3 is 16.1 Å². The van der Waals surface area contributed by atoms with Crippen LogP contribution in [-0.2, 0) is 4.79 Å². The molecule has 1 heterocycles. The predicted molar refractivity (Wildman–Crippen MR) is 72.3 cm³/mol. The van der Waals surface area contributed by atoms with E-state index in [1.165, 1.54) is 0 Å². The van der Waals surface area contributed by atoms with Gasteiger partial charge in [-0.3, -0.25) is 9.59 Å². The Morgan fingerprint density at radius 1 is 1.21 bits per heavy atom. The molecule has 0 aromatic carbocycles. The summed E-state index contributed by atoms with van der Waals surface area (Å²) in [6.07, 6.45) is 0. The Balaban J connectivity index is 2.65. The van der Waals surface area contributed by atoms with Crippen molar-refractivity contribution in [2.45, 2.75) is 32.9 Å². The SMILES string of the molecule is CC(C)NC(=O)C(C)NC(=O)c1cccc(NN)n1. The number of hydrogen-bond donors (Lipinski definition) is 4. The molecule has 1 aromatic rings. The number of hydrazine groups is 1. The largest absolute Gasteiger partial charge is 0.352 e. The molecule has 0 radical (unpaired) electrons. The van der Waals surface area contributed by atoms with Crippen molar-refractivity contribution in [2.75, 3.05) is 5.43 Å². The van der Waals surface area contributed by atoms with Crippen LogP contribution >= 0.6 is 0 Å². The molecule has 1 unspecified atom stereocenters. The summed E-state index contributed by atoms with van der Waals surface area (Å²) in [4.78, 5) is 27.5. The normalized spacial score (nSPS) is 11.8. The standard InChI is InChI=1S/C12H19N5O2/c1-7(2)14-11(18)8(3)15-12(19)9-5-4-6-10(16-9)17-13/h4-8H,13H2,1-3H3,(H,14,18)(H,15,19)(H,16,17). The molecule has 0 aliphatic rings. The van der Waals surface area contributed by atoms with Gasteiger partial charge in [0.15, 0.2) is 0 Å². The Morgan fingerprint density at radius 3 is 2.47 bits per heavy atom. The van der Waals surface area contributed by atoms with Gasteiger partial charge in [0.1, 0.15) is 17.6 Å². The average molecular weight is 265 g/mol. The number of nitrogen functional groups attached to an aromatic ring is 1. The van der Waals surface area contributed by atoms with E-state index in [1.54, 1.807) is 25.1 Å². The number of hydrogen-bond acceptors (Lipinski definition) is 5. The highest BCUT2D eigenvalue weighted by atomic mass is 16.2. The summed E-state index contributed by atoms with van der Waals surface area (Å²) in [6.45, 7) is 5.31. The van der Waals surface area contributed by atoms with E-state index in [1.807, 2.05) is 13.8 Å². The fourth-order valence-corrected chi connectivity index (χ4v) is 1.39. The van der Waals surface area contributed by atoms with Crippen LogP contribution in [0.25, 0.3) is 0 Å². The molecule has 1 aromatic heterocycles. The van der Waals surface area contributed by atoms with Crippen molar-refractivity contribution in [1.29, 1.82) is 0 Å². The van der Waals surface area contributed by atoms with Crippen molar-refractivity contribution in [3.63, 3.8) is 0 Å². The third-order valence-corrected chi connectivity index (χ3v) is 2.30. The molecule has 7 nitrogen and oxygen atoms in total. The van der Waals surface area contributed by atoms with Gasteiger partial charge in [-0.15, -0.1) is 0 Å². The van der Waals surface area contributed by atoms with Crippen LogP contribution in [0.5, 0.6) is 0 Å². The molecule has 0 saturated carbocycles. The van der Waals surface area contributed by atoms with Crippen LogP contribution in [0, 0.1) is 0 Å². The minimum Gasteiger partial charge on any atom is -0.352 e. The van der Waals surface area contributed by atoms with E-state index in [4.69, 9.17) is 5.84 Å². The van der Waals surface area contributed by atoms with Crippen LogP contribution < -0.4 is 21.9 Å². The first-order chi connectivity index (χ1) is 8.93. The van der Waals surface area contributed by atoms with Crippen LogP contribution in [0.3, 0.4) is 0 Å². The number of carbonyl (C=O) groups is 2. The topological polar surface area (TPSA) is 109 Å². The molecular weight excluding hydrogens is 246 g/mol. The summed E-state index contributed by atoms with van der Waals surface area (Å²) in [5, 5.41) is 5.29. The van der Waals surface area contributed by atoms with Crippen molar-refractivity contribution < 1.29 is 9.59 Å². The van der Waals surface area contributed by atoms with Crippen LogP contribution in [0.1, 0.15) is 31.3 Å². The van der Waals surface area contributed by atoms with Gasteiger partial charge >= 0.3 is 0 Å². The van der Waals surface area contributed by atoms with Gasteiger partial charge in [0, 0.05) is 6.04 Å². The van der Waals surface area contributed by atoms with E-state index in [2.05, 4.69) is 21.0 Å². The fraction of sp³-hybridized carbons (Fsp3) is 0.417. The lowest BCUT2D eigenvalue weighted by Gasteiger charge is -2.15. The zero-order valence-corrected chi connectivity index (χ0v) is 11.2. The zero-order chi connectivity index (χ0) is 14.4. The monoisotopic (exact) mass is 265 g/mol. The van der Waals surface area contributed by atoms with Crippen molar-refractivity contribution in [3.05, 3.63) is 23.9 Å². The van der Waals surface area contributed by atoms with Gasteiger partial charge in [0.25, 0.3) is 5.91 Å². The second kappa shape index (κ2) is 6.69. The van der Waals surface area contributed by atoms with Crippen LogP contribution in [0.15, 0.2) is 18.2 Å². The predicted octanol–water partition coefficient (Wildman–Crippen LogP) is 0.0101. The first kappa shape index (κ1) is 14.9. The highest BCUT2D eigenvalue weighted by molar-refractivity contribution is 5.96. The quantitative estimate of drug-likeness (QED) is 0.443. The molecule has 0 spiro atoms. The minimum atomic E-state index is -0.633. The van der Waals surface area contributed by atoms with Gasteiger partial charge in [0.05, 0.1) is 0 Å². The summed E-state index contributed by atoms with van der Waals surface area (Å²) in [5.74, 6) is 4.93. The second-order valence-electron chi connectivity index (χ2n) is 4.41. The molecule has 1 atom stereocenters. The van der Waals surface area contributed by atoms with Gasteiger partial charge in [0.2, 0.25) is 5.91 Å². The minimum absolute atomic E-state index is 0.0229. The van der Waals surface area contributed by atoms with E-state index in [0.717, 1.165) is 0 Å². The third kappa shape index (κ3) is 4.55. The summed E-state index contributed by atoms with van der Waals surface area (Å²) in [6, 6.07) is 4.21. The lowest BCUT2D eigenvalue weighted by molar-refractivity contribution is -0.123. The van der Waals surface area contributed by atoms with Crippen LogP contribution in [0.2, 0.25) is 0 Å². The lowest BCUT2D eigenvalue weighted by atomic mass is 10.2. The highest BCUT2D eigenvalue weighted by Gasteiger charge is 2.17. The number of rotatable bonds is 5. The Morgan fingerprint density at radius 2 is 1.89 bits per heavy atom. The summed E-state index contributed by atoms with van der Waals surface area (Å²) >= 11 is 0. The molecule has 0 aliphatic heterocycles. The maximum absolute atomic E-state index is 11.9. The summed E-state index contributed by atoms with van der Waals surface area (Å²) in [7, 11) is 0. The van der Waals surface area contributed by atoms with E-state index in [9.17, 15) is 9.59 Å². The zero-order valence-electron chi connectivity index (χ0n) is 11.2. The van der Waals surface area contributed by atoms with Crippen molar-refractivity contribution in [3.8, 4) is 0 Å². The fourth-order valence-electron chi connectivity index (χ4n) is 1.39. The average Bonchev–Trinajstić information content (AvgIpc) is 2.37. The first-order valence-electron chi connectivity index (χ1n) is 5.99. The number of carbonyl (C=O) groups excluding carboxylic acids is 2. The number of nitrogens with one attached hydrogen (secondary N) is 3. The Labute approximate surface area is 111 Å². The summed E-state index contributed by atoms with van der Waals surface area (Å²) in [5.41, 5.74) is 2.55. The Kier molecular flexibility index (Phi) is 5.25. The van der Waals surface area contributed by atoms with Gasteiger partial charge in [-0.05, 0) is 32.9 Å². The molecule has 7 heteroatoms. The van der Waals surface area contributed by atoms with Crippen LogP contribution in [-0.4, -0.2) is 28.9 Å². The van der Waals surface area contributed by atoms with E-state index >= 15 is 0 Å². The molecule has 0 saturated heterocycles. The number of anilines is 1. The van der Waals surface area contributed by atoms with Gasteiger partial charge in [-0.1, -0.05) is 6.07 Å². The number of aromatic nitrogens is 1. The molecule has 1 rings (SSSR count). The van der Waals surface area contributed by atoms with E-state index in [0.29, 0.717) is 5.82 Å². The molecule has 5 N–H and O–H groups in total. The molecule has 0 fully saturated rings. The number of nitrogens with zero attached hydrogens (tertiary/aromatic N) is 1. The van der Waals surface area contributed by atoms with Crippen molar-refractivity contribution in [1.82, 2.24) is 15.6 Å². The number of pyridine rings is 1. The molecule has 2 amide bonds. The molecule has 0 aliphatic carbocycles. The number of nitrogens with two attached hydrogens (primary N) is 1. The molecular formula is C12H19N5O2. The lowest BCUT2D eigenvalue weighted by Crippen LogP contribution is -2.46. The molecule has 104 valence electrons. The highest BCUT2D eigenvalue weighted by Crippen LogP contribution is 2.03. The molecule has 19 heavy (non-hydrogen) atoms. The van der Waals surface area contributed by atoms with Gasteiger partial charge in [-0.2, -0.15) is 0 Å². The van der Waals surface area contributed by atoms with Crippen molar-refractivity contribution >= 4 is 17.6 Å². The number of amides is 2. The van der Waals surface area contributed by atoms with Gasteiger partial charge in [-0.25, -0.2) is 10.8 Å². The van der Waals surface area contributed by atoms with Crippen LogP contribution in [0.4, 0.5) is 5.82 Å². The summed E-state index contributed by atoms with van der Waals surface area (Å²) < 4.78 is 0. The second-order valence-corrected chi connectivity index (χ2v) is 4.41. The third-order valence-electron chi connectivity index (χ3n) is 2.30. The van der Waals surface area contributed by atoms with E-state index in [-0.39, 0.29) is 17.6 Å².